The van der Waals surface area contributed by atoms with Gasteiger partial charge in [0.2, 0.25) is 0 Å². The maximum Gasteiger partial charge on any atom is 0.283 e. The fraction of sp³-hybridized carbons (Fsp3) is 0.364. The molecule has 0 bridgehead atoms. The summed E-state index contributed by atoms with van der Waals surface area (Å²) in [5, 5.41) is 0.504. The fourth-order valence-electron chi connectivity index (χ4n) is 1.16. The van der Waals surface area contributed by atoms with Crippen LogP contribution in [0.4, 0.5) is 0 Å². The summed E-state index contributed by atoms with van der Waals surface area (Å²) in [5.41, 5.74) is 0. The number of hydrogen-bond donors (Lipinski definition) is 0. The molecule has 1 aromatic rings. The van der Waals surface area contributed by atoms with E-state index in [0.717, 1.165) is 0 Å². The average molecular weight is 326 g/mol. The molecule has 0 amide bonds. The van der Waals surface area contributed by atoms with Gasteiger partial charge in [-0.05, 0) is 49.3 Å². The number of thioether (sulfide) groups is 1. The van der Waals surface area contributed by atoms with Crippen molar-refractivity contribution in [3.8, 4) is 0 Å². The molecule has 1 rings (SSSR count). The first-order chi connectivity index (χ1) is 8.16. The highest BCUT2D eigenvalue weighted by Gasteiger charge is 2.19. The second-order valence-corrected chi connectivity index (χ2v) is 11.5. The van der Waals surface area contributed by atoms with Crippen LogP contribution >= 0.6 is 33.4 Å². The van der Waals surface area contributed by atoms with Gasteiger partial charge in [0.1, 0.15) is 4.38 Å². The summed E-state index contributed by atoms with van der Waals surface area (Å²) < 4.78 is 28.9. The van der Waals surface area contributed by atoms with Gasteiger partial charge >= 0.3 is 0 Å². The van der Waals surface area contributed by atoms with Crippen molar-refractivity contribution in [1.82, 2.24) is 0 Å². The van der Waals surface area contributed by atoms with Crippen molar-refractivity contribution in [3.05, 3.63) is 29.3 Å². The zero-order valence-electron chi connectivity index (χ0n) is 10.7. The smallest absolute Gasteiger partial charge is 0.200 e. The van der Waals surface area contributed by atoms with E-state index in [4.69, 9.17) is 11.6 Å². The van der Waals surface area contributed by atoms with E-state index in [0.29, 0.717) is 9.40 Å². The van der Waals surface area contributed by atoms with Gasteiger partial charge in [-0.3, -0.25) is 0 Å². The SMILES string of the molecule is CSC(=NS(=O)(=O)c1ccc(Cl)cc1)S(C)(C)C. The number of halogens is 1. The molecule has 18 heavy (non-hydrogen) atoms. The predicted octanol–water partition coefficient (Wildman–Crippen LogP) is 3.44. The van der Waals surface area contributed by atoms with Crippen LogP contribution in [0, 0.1) is 0 Å². The zero-order valence-corrected chi connectivity index (χ0v) is 13.9. The Balaban J connectivity index is 3.23. The van der Waals surface area contributed by atoms with Crippen molar-refractivity contribution >= 4 is 47.8 Å². The van der Waals surface area contributed by atoms with E-state index in [2.05, 4.69) is 4.40 Å². The molecule has 0 aliphatic heterocycles. The summed E-state index contributed by atoms with van der Waals surface area (Å²) in [6.07, 6.45) is 7.88. The lowest BCUT2D eigenvalue weighted by Gasteiger charge is -2.25. The van der Waals surface area contributed by atoms with Crippen molar-refractivity contribution in [2.24, 2.45) is 4.40 Å². The van der Waals surface area contributed by atoms with Crippen LogP contribution in [0.5, 0.6) is 0 Å². The Morgan fingerprint density at radius 2 is 1.67 bits per heavy atom. The largest absolute Gasteiger partial charge is 0.283 e. The van der Waals surface area contributed by atoms with Crippen LogP contribution in [-0.2, 0) is 10.0 Å². The highest BCUT2D eigenvalue weighted by molar-refractivity contribution is 8.56. The summed E-state index contributed by atoms with van der Waals surface area (Å²) in [6.45, 7) is 0. The molecule has 0 N–H and O–H groups in total. The van der Waals surface area contributed by atoms with Gasteiger partial charge in [0.15, 0.2) is 0 Å². The summed E-state index contributed by atoms with van der Waals surface area (Å²) in [7, 11) is -4.80. The first-order valence-electron chi connectivity index (χ1n) is 5.00. The van der Waals surface area contributed by atoms with E-state index >= 15 is 0 Å². The lowest BCUT2D eigenvalue weighted by molar-refractivity contribution is 0.598. The number of hydrogen-bond acceptors (Lipinski definition) is 3. The lowest BCUT2D eigenvalue weighted by atomic mass is 10.4. The highest BCUT2D eigenvalue weighted by atomic mass is 35.5. The van der Waals surface area contributed by atoms with Crippen molar-refractivity contribution < 1.29 is 8.42 Å². The van der Waals surface area contributed by atoms with E-state index in [9.17, 15) is 8.42 Å². The van der Waals surface area contributed by atoms with Crippen LogP contribution in [0.25, 0.3) is 0 Å². The first kappa shape index (κ1) is 15.9. The van der Waals surface area contributed by atoms with Gasteiger partial charge in [0.25, 0.3) is 10.0 Å². The molecule has 0 aliphatic rings. The molecule has 0 aromatic heterocycles. The Labute approximate surface area is 119 Å². The summed E-state index contributed by atoms with van der Waals surface area (Å²) in [4.78, 5) is 0.169. The van der Waals surface area contributed by atoms with Gasteiger partial charge in [0, 0.05) is 5.02 Å². The monoisotopic (exact) mass is 325 g/mol. The van der Waals surface area contributed by atoms with E-state index in [1.807, 2.05) is 25.0 Å². The molecule has 0 heterocycles. The van der Waals surface area contributed by atoms with Gasteiger partial charge < -0.3 is 0 Å². The standard InChI is InChI=1S/C11H16ClNO2S3/c1-16-11(17(2,3)4)13-18(14,15)10-7-5-9(12)6-8-10/h5-8H,1-4H3. The molecule has 0 unspecified atom stereocenters. The van der Waals surface area contributed by atoms with Gasteiger partial charge in [0.05, 0.1) is 4.90 Å². The Kier molecular flexibility index (Phi) is 5.17. The van der Waals surface area contributed by atoms with Crippen molar-refractivity contribution in [2.75, 3.05) is 25.0 Å². The number of rotatable bonds is 2. The van der Waals surface area contributed by atoms with E-state index in [1.54, 1.807) is 12.1 Å². The highest BCUT2D eigenvalue weighted by Crippen LogP contribution is 2.42. The maximum atomic E-state index is 12.1. The van der Waals surface area contributed by atoms with E-state index in [-0.39, 0.29) is 4.90 Å². The number of nitrogens with zero attached hydrogens (tertiary/aromatic N) is 1. The van der Waals surface area contributed by atoms with Crippen LogP contribution in [0.2, 0.25) is 5.02 Å². The molecule has 3 nitrogen and oxygen atoms in total. The molecule has 7 heteroatoms. The predicted molar refractivity (Wildman–Crippen MR) is 85.0 cm³/mol. The fourth-order valence-corrected chi connectivity index (χ4v) is 5.85. The van der Waals surface area contributed by atoms with Gasteiger partial charge in [-0.15, -0.1) is 16.2 Å². The molecule has 1 aromatic carbocycles. The Bertz CT molecular complexity index is 545. The lowest BCUT2D eigenvalue weighted by Crippen LogP contribution is -2.08. The molecule has 102 valence electrons. The second kappa shape index (κ2) is 5.86. The molecule has 0 saturated carbocycles. The van der Waals surface area contributed by atoms with Crippen molar-refractivity contribution in [2.45, 2.75) is 4.90 Å². The quantitative estimate of drug-likeness (QED) is 0.618. The van der Waals surface area contributed by atoms with Gasteiger partial charge in [-0.2, -0.15) is 18.4 Å². The molecular formula is C11H16ClNO2S3. The number of sulfonamides is 1. The average Bonchev–Trinajstić information content (AvgIpc) is 2.25. The van der Waals surface area contributed by atoms with Crippen LogP contribution < -0.4 is 0 Å². The molecular weight excluding hydrogens is 310 g/mol. The van der Waals surface area contributed by atoms with Crippen molar-refractivity contribution in [3.63, 3.8) is 0 Å². The minimum Gasteiger partial charge on any atom is -0.200 e. The van der Waals surface area contributed by atoms with E-state index < -0.39 is 20.1 Å². The normalized spacial score (nSPS) is 14.6. The summed E-state index contributed by atoms with van der Waals surface area (Å²) in [6, 6.07) is 6.04. The minimum atomic E-state index is -3.64. The van der Waals surface area contributed by atoms with Crippen molar-refractivity contribution in [1.29, 1.82) is 0 Å². The Morgan fingerprint density at radius 3 is 2.06 bits per heavy atom. The third-order valence-electron chi connectivity index (χ3n) is 2.00. The molecule has 0 fully saturated rings. The second-order valence-electron chi connectivity index (χ2n) is 4.33. The van der Waals surface area contributed by atoms with Crippen LogP contribution in [0.15, 0.2) is 33.6 Å². The molecule has 0 saturated heterocycles. The third kappa shape index (κ3) is 4.19. The maximum absolute atomic E-state index is 12.1. The Morgan fingerprint density at radius 1 is 1.17 bits per heavy atom. The van der Waals surface area contributed by atoms with Gasteiger partial charge in [-0.25, -0.2) is 0 Å². The summed E-state index contributed by atoms with van der Waals surface area (Å²) >= 11 is 7.12. The van der Waals surface area contributed by atoms with Crippen LogP contribution in [0.3, 0.4) is 0 Å². The minimum absolute atomic E-state index is 0.169. The van der Waals surface area contributed by atoms with Crippen LogP contribution in [-0.4, -0.2) is 37.8 Å². The summed E-state index contributed by atoms with van der Waals surface area (Å²) in [5.74, 6) is 0. The first-order valence-corrected chi connectivity index (χ1v) is 10.9. The van der Waals surface area contributed by atoms with Gasteiger partial charge in [-0.1, -0.05) is 11.6 Å². The molecule has 0 radical (unpaired) electrons. The number of benzene rings is 1. The topological polar surface area (TPSA) is 46.5 Å². The van der Waals surface area contributed by atoms with Crippen LogP contribution in [0.1, 0.15) is 0 Å². The molecule has 0 spiro atoms. The Hall–Kier alpha value is -0.170. The molecule has 0 atom stereocenters. The zero-order chi connectivity index (χ0) is 14.0. The van der Waals surface area contributed by atoms with E-state index in [1.165, 1.54) is 23.9 Å². The third-order valence-corrected chi connectivity index (χ3v) is 7.36. The molecule has 0 aliphatic carbocycles.